The molecule has 0 unspecified atom stereocenters. The number of piperazine rings is 1. The number of anilines is 1. The summed E-state index contributed by atoms with van der Waals surface area (Å²) in [5.74, 6) is 1.38. The average Bonchev–Trinajstić information content (AvgIpc) is 3.14. The summed E-state index contributed by atoms with van der Waals surface area (Å²) in [5.41, 5.74) is 1.47. The number of benzene rings is 1. The van der Waals surface area contributed by atoms with Gasteiger partial charge in [-0.1, -0.05) is 11.6 Å². The van der Waals surface area contributed by atoms with E-state index in [1.807, 2.05) is 46.9 Å². The van der Waals surface area contributed by atoms with Gasteiger partial charge < -0.3 is 9.80 Å². The van der Waals surface area contributed by atoms with E-state index in [2.05, 4.69) is 20.1 Å². The molecule has 8 heteroatoms. The van der Waals surface area contributed by atoms with Gasteiger partial charge in [0.05, 0.1) is 0 Å². The lowest BCUT2D eigenvalue weighted by Crippen LogP contribution is -2.49. The normalized spacial score (nSPS) is 14.4. The van der Waals surface area contributed by atoms with Gasteiger partial charge in [0.2, 0.25) is 0 Å². The maximum Gasteiger partial charge on any atom is 0.274 e. The van der Waals surface area contributed by atoms with Crippen LogP contribution in [-0.4, -0.2) is 56.7 Å². The van der Waals surface area contributed by atoms with E-state index < -0.39 is 0 Å². The predicted octanol–water partition coefficient (Wildman–Crippen LogP) is 2.59. The lowest BCUT2D eigenvalue weighted by atomic mass is 10.2. The van der Waals surface area contributed by atoms with Gasteiger partial charge in [-0.25, -0.2) is 4.98 Å². The Morgan fingerprint density at radius 1 is 1.00 bits per heavy atom. The van der Waals surface area contributed by atoms with E-state index in [9.17, 15) is 4.79 Å². The van der Waals surface area contributed by atoms with Crippen molar-refractivity contribution in [2.75, 3.05) is 31.1 Å². The first-order valence-electron chi connectivity index (χ1n) is 8.76. The molecule has 0 saturated carbocycles. The second kappa shape index (κ2) is 7.36. The van der Waals surface area contributed by atoms with Crippen molar-refractivity contribution in [1.82, 2.24) is 24.6 Å². The standard InChI is InChI=1S/C19H19ClN6O/c1-14-21-8-9-26(14)18-7-6-17(22-23-18)19(27)25-12-10-24(11-13-25)16-4-2-15(20)3-5-16/h2-9H,10-13H2,1H3. The third-order valence-corrected chi connectivity index (χ3v) is 4.95. The van der Waals surface area contributed by atoms with Crippen LogP contribution < -0.4 is 4.90 Å². The van der Waals surface area contributed by atoms with Crippen molar-refractivity contribution in [1.29, 1.82) is 0 Å². The Balaban J connectivity index is 1.40. The van der Waals surface area contributed by atoms with Crippen LogP contribution in [0.4, 0.5) is 5.69 Å². The molecule has 1 aliphatic heterocycles. The van der Waals surface area contributed by atoms with Gasteiger partial charge in [-0.05, 0) is 43.3 Å². The smallest absolute Gasteiger partial charge is 0.274 e. The fourth-order valence-corrected chi connectivity index (χ4v) is 3.30. The minimum atomic E-state index is -0.0906. The Kier molecular flexibility index (Phi) is 4.77. The topological polar surface area (TPSA) is 67.2 Å². The number of amides is 1. The van der Waals surface area contributed by atoms with Crippen LogP contribution in [0.3, 0.4) is 0 Å². The van der Waals surface area contributed by atoms with Crippen molar-refractivity contribution in [3.63, 3.8) is 0 Å². The lowest BCUT2D eigenvalue weighted by molar-refractivity contribution is 0.0739. The SMILES string of the molecule is Cc1nccn1-c1ccc(C(=O)N2CCN(c3ccc(Cl)cc3)CC2)nn1. The number of aryl methyl sites for hydroxylation is 1. The highest BCUT2D eigenvalue weighted by molar-refractivity contribution is 6.30. The molecule has 7 nitrogen and oxygen atoms in total. The molecule has 0 aliphatic carbocycles. The Hall–Kier alpha value is -2.93. The number of hydrogen-bond donors (Lipinski definition) is 0. The number of nitrogens with zero attached hydrogens (tertiary/aromatic N) is 6. The van der Waals surface area contributed by atoms with Crippen LogP contribution in [0.5, 0.6) is 0 Å². The highest BCUT2D eigenvalue weighted by atomic mass is 35.5. The summed E-state index contributed by atoms with van der Waals surface area (Å²) >= 11 is 5.95. The van der Waals surface area contributed by atoms with Gasteiger partial charge in [0.1, 0.15) is 5.82 Å². The molecule has 1 fully saturated rings. The third kappa shape index (κ3) is 3.64. The molecule has 0 N–H and O–H groups in total. The number of carbonyl (C=O) groups is 1. The molecule has 3 aromatic rings. The highest BCUT2D eigenvalue weighted by Gasteiger charge is 2.23. The van der Waals surface area contributed by atoms with Gasteiger partial charge in [0, 0.05) is 49.3 Å². The van der Waals surface area contributed by atoms with Gasteiger partial charge in [-0.15, -0.1) is 10.2 Å². The van der Waals surface area contributed by atoms with E-state index in [0.29, 0.717) is 24.6 Å². The first kappa shape index (κ1) is 17.5. The number of rotatable bonds is 3. The molecule has 1 aromatic carbocycles. The minimum Gasteiger partial charge on any atom is -0.368 e. The average molecular weight is 383 g/mol. The van der Waals surface area contributed by atoms with E-state index in [0.717, 1.165) is 29.6 Å². The van der Waals surface area contributed by atoms with E-state index in [1.165, 1.54) is 0 Å². The Labute approximate surface area is 162 Å². The number of halogens is 1. The fourth-order valence-electron chi connectivity index (χ4n) is 3.17. The van der Waals surface area contributed by atoms with Gasteiger partial charge in [-0.2, -0.15) is 0 Å². The molecular weight excluding hydrogens is 364 g/mol. The molecule has 27 heavy (non-hydrogen) atoms. The van der Waals surface area contributed by atoms with Crippen molar-refractivity contribution < 1.29 is 4.79 Å². The van der Waals surface area contributed by atoms with E-state index >= 15 is 0 Å². The molecule has 1 aliphatic rings. The summed E-state index contributed by atoms with van der Waals surface area (Å²) in [4.78, 5) is 21.0. The Bertz CT molecular complexity index is 930. The van der Waals surface area contributed by atoms with Crippen molar-refractivity contribution in [2.24, 2.45) is 0 Å². The van der Waals surface area contributed by atoms with Crippen LogP contribution >= 0.6 is 11.6 Å². The zero-order valence-electron chi connectivity index (χ0n) is 14.9. The summed E-state index contributed by atoms with van der Waals surface area (Å²) in [5, 5.41) is 9.01. The van der Waals surface area contributed by atoms with Crippen LogP contribution in [-0.2, 0) is 0 Å². The van der Waals surface area contributed by atoms with Gasteiger partial charge >= 0.3 is 0 Å². The van der Waals surface area contributed by atoms with Crippen LogP contribution in [0.1, 0.15) is 16.3 Å². The van der Waals surface area contributed by atoms with Crippen molar-refractivity contribution >= 4 is 23.2 Å². The summed E-state index contributed by atoms with van der Waals surface area (Å²) < 4.78 is 1.83. The number of carbonyl (C=O) groups excluding carboxylic acids is 1. The molecule has 2 aromatic heterocycles. The molecule has 0 spiro atoms. The molecular formula is C19H19ClN6O. The zero-order valence-corrected chi connectivity index (χ0v) is 15.7. The number of hydrogen-bond acceptors (Lipinski definition) is 5. The Morgan fingerprint density at radius 2 is 1.74 bits per heavy atom. The van der Waals surface area contributed by atoms with Crippen LogP contribution in [0.15, 0.2) is 48.8 Å². The van der Waals surface area contributed by atoms with Gasteiger partial charge in [0.15, 0.2) is 11.5 Å². The van der Waals surface area contributed by atoms with Crippen LogP contribution in [0.2, 0.25) is 5.02 Å². The molecule has 0 atom stereocenters. The van der Waals surface area contributed by atoms with E-state index in [-0.39, 0.29) is 5.91 Å². The monoisotopic (exact) mass is 382 g/mol. The summed E-state index contributed by atoms with van der Waals surface area (Å²) in [6, 6.07) is 11.3. The van der Waals surface area contributed by atoms with Crippen molar-refractivity contribution in [2.45, 2.75) is 6.92 Å². The van der Waals surface area contributed by atoms with Crippen LogP contribution in [0.25, 0.3) is 5.82 Å². The maximum absolute atomic E-state index is 12.7. The second-order valence-electron chi connectivity index (χ2n) is 6.38. The van der Waals surface area contributed by atoms with Crippen molar-refractivity contribution in [3.8, 4) is 5.82 Å². The fraction of sp³-hybridized carbons (Fsp3) is 0.263. The third-order valence-electron chi connectivity index (χ3n) is 4.70. The quantitative estimate of drug-likeness (QED) is 0.696. The van der Waals surface area contributed by atoms with Gasteiger partial charge in [-0.3, -0.25) is 9.36 Å². The predicted molar refractivity (Wildman–Crippen MR) is 103 cm³/mol. The Morgan fingerprint density at radius 3 is 2.33 bits per heavy atom. The minimum absolute atomic E-state index is 0.0906. The molecule has 0 bridgehead atoms. The molecule has 3 heterocycles. The first-order chi connectivity index (χ1) is 13.1. The molecule has 0 radical (unpaired) electrons. The largest absolute Gasteiger partial charge is 0.368 e. The molecule has 1 amide bonds. The molecule has 1 saturated heterocycles. The van der Waals surface area contributed by atoms with E-state index in [4.69, 9.17) is 11.6 Å². The summed E-state index contributed by atoms with van der Waals surface area (Å²) in [7, 11) is 0. The lowest BCUT2D eigenvalue weighted by Gasteiger charge is -2.35. The summed E-state index contributed by atoms with van der Waals surface area (Å²) in [6.07, 6.45) is 3.52. The van der Waals surface area contributed by atoms with Crippen molar-refractivity contribution in [3.05, 3.63) is 65.3 Å². The molecule has 4 rings (SSSR count). The maximum atomic E-state index is 12.7. The van der Waals surface area contributed by atoms with Gasteiger partial charge in [0.25, 0.3) is 5.91 Å². The van der Waals surface area contributed by atoms with E-state index in [1.54, 1.807) is 18.3 Å². The number of aromatic nitrogens is 4. The van der Waals surface area contributed by atoms with Crippen LogP contribution in [0, 0.1) is 6.92 Å². The first-order valence-corrected chi connectivity index (χ1v) is 9.13. The highest BCUT2D eigenvalue weighted by Crippen LogP contribution is 2.20. The second-order valence-corrected chi connectivity index (χ2v) is 6.81. The molecule has 138 valence electrons. The summed E-state index contributed by atoms with van der Waals surface area (Å²) in [6.45, 7) is 4.72. The number of imidazole rings is 1. The zero-order chi connectivity index (χ0) is 18.8.